The molecular weight excluding hydrogens is 426 g/mol. The minimum absolute atomic E-state index is 0.133. The van der Waals surface area contributed by atoms with Crippen LogP contribution in [0.15, 0.2) is 71.6 Å². The van der Waals surface area contributed by atoms with Gasteiger partial charge in [-0.1, -0.05) is 29.8 Å². The highest BCUT2D eigenvalue weighted by molar-refractivity contribution is 7.98. The van der Waals surface area contributed by atoms with Gasteiger partial charge in [-0.05, 0) is 55.0 Å². The predicted octanol–water partition coefficient (Wildman–Crippen LogP) is 5.11. The number of ether oxygens (including phenoxy) is 2. The highest BCUT2D eigenvalue weighted by Crippen LogP contribution is 2.23. The van der Waals surface area contributed by atoms with Gasteiger partial charge in [0.2, 0.25) is 0 Å². The maximum atomic E-state index is 12.7. The van der Waals surface area contributed by atoms with Crippen LogP contribution in [0.3, 0.4) is 0 Å². The van der Waals surface area contributed by atoms with Crippen molar-refractivity contribution in [1.82, 2.24) is 0 Å². The SMILES string of the molecule is COC(=O)c1cc(NC(=O)c2ccc(CSc3ccc(C)cc3)cc2)cc(C(=O)OC)c1. The summed E-state index contributed by atoms with van der Waals surface area (Å²) in [7, 11) is 2.48. The molecule has 0 aliphatic rings. The Morgan fingerprint density at radius 2 is 1.34 bits per heavy atom. The number of aryl methyl sites for hydroxylation is 1. The van der Waals surface area contributed by atoms with Gasteiger partial charge in [0.15, 0.2) is 0 Å². The lowest BCUT2D eigenvalue weighted by Gasteiger charge is -2.10. The van der Waals surface area contributed by atoms with Crippen LogP contribution in [0.1, 0.15) is 42.2 Å². The molecule has 0 saturated heterocycles. The zero-order valence-electron chi connectivity index (χ0n) is 18.0. The molecule has 0 bridgehead atoms. The van der Waals surface area contributed by atoms with Gasteiger partial charge in [-0.3, -0.25) is 4.79 Å². The number of esters is 2. The van der Waals surface area contributed by atoms with E-state index in [1.165, 1.54) is 42.9 Å². The Bertz CT molecular complexity index is 1090. The van der Waals surface area contributed by atoms with Crippen molar-refractivity contribution in [2.75, 3.05) is 19.5 Å². The molecule has 0 aromatic heterocycles. The van der Waals surface area contributed by atoms with E-state index in [0.29, 0.717) is 5.56 Å². The summed E-state index contributed by atoms with van der Waals surface area (Å²) in [5, 5.41) is 2.72. The summed E-state index contributed by atoms with van der Waals surface area (Å²) in [6, 6.07) is 19.9. The third-order valence-corrected chi connectivity index (χ3v) is 5.76. The zero-order chi connectivity index (χ0) is 23.1. The molecular formula is C25H23NO5S. The smallest absolute Gasteiger partial charge is 0.337 e. The van der Waals surface area contributed by atoms with E-state index < -0.39 is 11.9 Å². The van der Waals surface area contributed by atoms with E-state index in [1.54, 1.807) is 23.9 Å². The second kappa shape index (κ2) is 10.6. The molecule has 1 amide bonds. The van der Waals surface area contributed by atoms with Crippen molar-refractivity contribution >= 4 is 35.3 Å². The molecule has 0 radical (unpaired) electrons. The molecule has 0 aliphatic heterocycles. The molecule has 6 nitrogen and oxygen atoms in total. The van der Waals surface area contributed by atoms with E-state index in [2.05, 4.69) is 36.5 Å². The lowest BCUT2D eigenvalue weighted by atomic mass is 10.1. The van der Waals surface area contributed by atoms with Gasteiger partial charge in [0, 0.05) is 21.9 Å². The van der Waals surface area contributed by atoms with E-state index >= 15 is 0 Å². The first-order chi connectivity index (χ1) is 15.4. The number of benzene rings is 3. The van der Waals surface area contributed by atoms with Crippen molar-refractivity contribution in [3.8, 4) is 0 Å². The summed E-state index contributed by atoms with van der Waals surface area (Å²) in [6.07, 6.45) is 0. The first-order valence-corrected chi connectivity index (χ1v) is 10.8. The summed E-state index contributed by atoms with van der Waals surface area (Å²) in [6.45, 7) is 2.06. The van der Waals surface area contributed by atoms with E-state index in [4.69, 9.17) is 9.47 Å². The summed E-state index contributed by atoms with van der Waals surface area (Å²) in [4.78, 5) is 37.7. The zero-order valence-corrected chi connectivity index (χ0v) is 18.8. The summed E-state index contributed by atoms with van der Waals surface area (Å²) < 4.78 is 9.43. The largest absolute Gasteiger partial charge is 0.465 e. The minimum atomic E-state index is -0.623. The molecule has 3 aromatic rings. The number of anilines is 1. The standard InChI is InChI=1S/C25H23NO5S/c1-16-4-10-22(11-5-16)32-15-17-6-8-18(9-7-17)23(27)26-21-13-19(24(28)30-2)12-20(14-21)25(29)31-3/h4-14H,15H2,1-3H3,(H,26,27). The van der Waals surface area contributed by atoms with Gasteiger partial charge in [-0.25, -0.2) is 9.59 Å². The fourth-order valence-electron chi connectivity index (χ4n) is 2.93. The van der Waals surface area contributed by atoms with Crippen molar-refractivity contribution in [2.45, 2.75) is 17.6 Å². The highest BCUT2D eigenvalue weighted by atomic mass is 32.2. The number of hydrogen-bond donors (Lipinski definition) is 1. The summed E-state index contributed by atoms with van der Waals surface area (Å²) >= 11 is 1.72. The van der Waals surface area contributed by atoms with Crippen LogP contribution in [0.2, 0.25) is 0 Å². The number of carbonyl (C=O) groups excluding carboxylic acids is 3. The van der Waals surface area contributed by atoms with Gasteiger partial charge in [0.05, 0.1) is 25.3 Å². The van der Waals surface area contributed by atoms with Crippen molar-refractivity contribution < 1.29 is 23.9 Å². The molecule has 1 N–H and O–H groups in total. The van der Waals surface area contributed by atoms with E-state index in [0.717, 1.165) is 11.3 Å². The molecule has 0 fully saturated rings. The molecule has 0 heterocycles. The van der Waals surface area contributed by atoms with Crippen LogP contribution in [0.25, 0.3) is 0 Å². The molecule has 0 aliphatic carbocycles. The van der Waals surface area contributed by atoms with Gasteiger partial charge < -0.3 is 14.8 Å². The van der Waals surface area contributed by atoms with Crippen LogP contribution in [-0.4, -0.2) is 32.1 Å². The molecule has 7 heteroatoms. The minimum Gasteiger partial charge on any atom is -0.465 e. The van der Waals surface area contributed by atoms with Gasteiger partial charge >= 0.3 is 11.9 Å². The molecule has 164 valence electrons. The van der Waals surface area contributed by atoms with Crippen LogP contribution in [0.5, 0.6) is 0 Å². The maximum absolute atomic E-state index is 12.7. The monoisotopic (exact) mass is 449 g/mol. The van der Waals surface area contributed by atoms with Gasteiger partial charge in [0.25, 0.3) is 5.91 Å². The number of hydrogen-bond acceptors (Lipinski definition) is 6. The number of rotatable bonds is 7. The fourth-order valence-corrected chi connectivity index (χ4v) is 3.78. The van der Waals surface area contributed by atoms with Crippen molar-refractivity contribution in [1.29, 1.82) is 0 Å². The molecule has 3 aromatic carbocycles. The van der Waals surface area contributed by atoms with Crippen LogP contribution in [0, 0.1) is 6.92 Å². The molecule has 0 saturated carbocycles. The predicted molar refractivity (Wildman–Crippen MR) is 124 cm³/mol. The van der Waals surface area contributed by atoms with Gasteiger partial charge in [-0.2, -0.15) is 0 Å². The Kier molecular flexibility index (Phi) is 7.68. The molecule has 0 unspecified atom stereocenters. The fraction of sp³-hybridized carbons (Fsp3) is 0.160. The van der Waals surface area contributed by atoms with E-state index in [-0.39, 0.29) is 22.7 Å². The summed E-state index contributed by atoms with van der Waals surface area (Å²) in [5.74, 6) is -0.821. The van der Waals surface area contributed by atoms with E-state index in [1.807, 2.05) is 12.1 Å². The second-order valence-corrected chi connectivity index (χ2v) is 8.08. The number of nitrogens with one attached hydrogen (secondary N) is 1. The normalized spacial score (nSPS) is 10.3. The third-order valence-electron chi connectivity index (χ3n) is 4.68. The maximum Gasteiger partial charge on any atom is 0.337 e. The third kappa shape index (κ3) is 5.98. The number of carbonyl (C=O) groups is 3. The van der Waals surface area contributed by atoms with Crippen molar-refractivity contribution in [3.05, 3.63) is 94.5 Å². The lowest BCUT2D eigenvalue weighted by molar-refractivity contribution is 0.0599. The number of thioether (sulfide) groups is 1. The molecule has 0 atom stereocenters. The average molecular weight is 450 g/mol. The molecule has 32 heavy (non-hydrogen) atoms. The Morgan fingerprint density at radius 1 is 0.781 bits per heavy atom. The second-order valence-electron chi connectivity index (χ2n) is 7.03. The Morgan fingerprint density at radius 3 is 1.88 bits per heavy atom. The number of methoxy groups -OCH3 is 2. The van der Waals surface area contributed by atoms with Gasteiger partial charge in [-0.15, -0.1) is 11.8 Å². The van der Waals surface area contributed by atoms with Crippen molar-refractivity contribution in [2.24, 2.45) is 0 Å². The van der Waals surface area contributed by atoms with Crippen molar-refractivity contribution in [3.63, 3.8) is 0 Å². The Hall–Kier alpha value is -3.58. The average Bonchev–Trinajstić information content (AvgIpc) is 2.82. The Balaban J connectivity index is 1.70. The van der Waals surface area contributed by atoms with Crippen LogP contribution >= 0.6 is 11.8 Å². The lowest BCUT2D eigenvalue weighted by Crippen LogP contribution is -2.14. The number of amides is 1. The quantitative estimate of drug-likeness (QED) is 0.399. The highest BCUT2D eigenvalue weighted by Gasteiger charge is 2.15. The first-order valence-electron chi connectivity index (χ1n) is 9.81. The topological polar surface area (TPSA) is 81.7 Å². The molecule has 0 spiro atoms. The van der Waals surface area contributed by atoms with Gasteiger partial charge in [0.1, 0.15) is 0 Å². The Labute approximate surface area is 190 Å². The first kappa shape index (κ1) is 23.1. The van der Waals surface area contributed by atoms with E-state index in [9.17, 15) is 14.4 Å². The molecule has 3 rings (SSSR count). The van der Waals surface area contributed by atoms with Crippen LogP contribution < -0.4 is 5.32 Å². The summed E-state index contributed by atoms with van der Waals surface area (Å²) in [5.41, 5.74) is 3.33. The van der Waals surface area contributed by atoms with Crippen LogP contribution in [-0.2, 0) is 15.2 Å². The van der Waals surface area contributed by atoms with Crippen LogP contribution in [0.4, 0.5) is 5.69 Å².